The SMILES string of the molecule is Cc1noc(-c2cc(Br)ccc2C)n1. The van der Waals surface area contributed by atoms with Crippen LogP contribution in [-0.4, -0.2) is 10.1 Å². The van der Waals surface area contributed by atoms with E-state index in [9.17, 15) is 0 Å². The average Bonchev–Trinajstić information content (AvgIpc) is 2.56. The average molecular weight is 253 g/mol. The molecule has 0 radical (unpaired) electrons. The van der Waals surface area contributed by atoms with Crippen LogP contribution in [0.5, 0.6) is 0 Å². The molecule has 1 aromatic heterocycles. The van der Waals surface area contributed by atoms with Crippen molar-refractivity contribution in [1.82, 2.24) is 10.1 Å². The van der Waals surface area contributed by atoms with Gasteiger partial charge >= 0.3 is 0 Å². The molecule has 0 N–H and O–H groups in total. The van der Waals surface area contributed by atoms with Gasteiger partial charge in [-0.15, -0.1) is 0 Å². The molecule has 0 amide bonds. The van der Waals surface area contributed by atoms with Gasteiger partial charge in [-0.25, -0.2) is 0 Å². The summed E-state index contributed by atoms with van der Waals surface area (Å²) in [7, 11) is 0. The van der Waals surface area contributed by atoms with Gasteiger partial charge in [-0.1, -0.05) is 27.2 Å². The number of nitrogens with zero attached hydrogens (tertiary/aromatic N) is 2. The van der Waals surface area contributed by atoms with E-state index in [1.807, 2.05) is 25.1 Å². The highest BCUT2D eigenvalue weighted by atomic mass is 79.9. The second kappa shape index (κ2) is 3.53. The zero-order valence-electron chi connectivity index (χ0n) is 7.91. The minimum atomic E-state index is 0.571. The first-order valence-corrected chi connectivity index (χ1v) is 5.03. The van der Waals surface area contributed by atoms with Crippen molar-refractivity contribution in [3.05, 3.63) is 34.1 Å². The summed E-state index contributed by atoms with van der Waals surface area (Å²) in [5.41, 5.74) is 2.09. The summed E-state index contributed by atoms with van der Waals surface area (Å²) in [5, 5.41) is 3.76. The van der Waals surface area contributed by atoms with E-state index in [-0.39, 0.29) is 0 Å². The lowest BCUT2D eigenvalue weighted by Crippen LogP contribution is -1.83. The zero-order chi connectivity index (χ0) is 10.1. The molecular weight excluding hydrogens is 244 g/mol. The second-order valence-corrected chi connectivity index (χ2v) is 4.02. The normalized spacial score (nSPS) is 10.5. The van der Waals surface area contributed by atoms with E-state index in [0.717, 1.165) is 15.6 Å². The maximum absolute atomic E-state index is 5.10. The fourth-order valence-electron chi connectivity index (χ4n) is 1.23. The van der Waals surface area contributed by atoms with Crippen LogP contribution in [0, 0.1) is 13.8 Å². The van der Waals surface area contributed by atoms with Gasteiger partial charge in [0, 0.05) is 10.0 Å². The van der Waals surface area contributed by atoms with Gasteiger partial charge < -0.3 is 4.52 Å². The third kappa shape index (κ3) is 1.70. The number of benzene rings is 1. The summed E-state index contributed by atoms with van der Waals surface area (Å²) in [5.74, 6) is 1.22. The van der Waals surface area contributed by atoms with Gasteiger partial charge in [0.25, 0.3) is 5.89 Å². The van der Waals surface area contributed by atoms with Crippen LogP contribution in [0.3, 0.4) is 0 Å². The monoisotopic (exact) mass is 252 g/mol. The highest BCUT2D eigenvalue weighted by Crippen LogP contribution is 2.25. The summed E-state index contributed by atoms with van der Waals surface area (Å²) < 4.78 is 6.11. The second-order valence-electron chi connectivity index (χ2n) is 3.11. The van der Waals surface area contributed by atoms with E-state index in [2.05, 4.69) is 26.1 Å². The van der Waals surface area contributed by atoms with E-state index < -0.39 is 0 Å². The smallest absolute Gasteiger partial charge is 0.258 e. The number of aryl methyl sites for hydroxylation is 2. The third-order valence-electron chi connectivity index (χ3n) is 1.96. The highest BCUT2D eigenvalue weighted by molar-refractivity contribution is 9.10. The predicted molar refractivity (Wildman–Crippen MR) is 56.9 cm³/mol. The molecule has 0 unspecified atom stereocenters. The molecule has 0 aliphatic carbocycles. The molecule has 0 bridgehead atoms. The number of hydrogen-bond donors (Lipinski definition) is 0. The van der Waals surface area contributed by atoms with Crippen molar-refractivity contribution in [2.24, 2.45) is 0 Å². The summed E-state index contributed by atoms with van der Waals surface area (Å²) >= 11 is 3.41. The zero-order valence-corrected chi connectivity index (χ0v) is 9.50. The maximum atomic E-state index is 5.10. The minimum Gasteiger partial charge on any atom is -0.334 e. The van der Waals surface area contributed by atoms with Crippen molar-refractivity contribution < 1.29 is 4.52 Å². The topological polar surface area (TPSA) is 38.9 Å². The van der Waals surface area contributed by atoms with Crippen LogP contribution < -0.4 is 0 Å². The first kappa shape index (κ1) is 9.40. The Morgan fingerprint density at radius 2 is 2.07 bits per heavy atom. The van der Waals surface area contributed by atoms with Crippen molar-refractivity contribution in [2.45, 2.75) is 13.8 Å². The fourth-order valence-corrected chi connectivity index (χ4v) is 1.59. The lowest BCUT2D eigenvalue weighted by molar-refractivity contribution is 0.425. The first-order valence-electron chi connectivity index (χ1n) is 4.23. The van der Waals surface area contributed by atoms with Gasteiger partial charge in [-0.3, -0.25) is 0 Å². The van der Waals surface area contributed by atoms with Gasteiger partial charge in [-0.2, -0.15) is 4.98 Å². The van der Waals surface area contributed by atoms with Gasteiger partial charge in [0.1, 0.15) is 0 Å². The van der Waals surface area contributed by atoms with Crippen molar-refractivity contribution in [1.29, 1.82) is 0 Å². The molecule has 2 aromatic rings. The molecule has 0 saturated carbocycles. The van der Waals surface area contributed by atoms with Crippen molar-refractivity contribution >= 4 is 15.9 Å². The third-order valence-corrected chi connectivity index (χ3v) is 2.45. The number of hydrogen-bond acceptors (Lipinski definition) is 3. The van der Waals surface area contributed by atoms with E-state index in [1.165, 1.54) is 0 Å². The molecule has 4 heteroatoms. The summed E-state index contributed by atoms with van der Waals surface area (Å²) in [6.45, 7) is 3.82. The molecular formula is C10H9BrN2O. The molecule has 3 nitrogen and oxygen atoms in total. The van der Waals surface area contributed by atoms with Gasteiger partial charge in [0.15, 0.2) is 5.82 Å². The Labute approximate surface area is 90.3 Å². The summed E-state index contributed by atoms with van der Waals surface area (Å²) in [6, 6.07) is 5.98. The number of aromatic nitrogens is 2. The molecule has 0 saturated heterocycles. The van der Waals surface area contributed by atoms with Gasteiger partial charge in [0.05, 0.1) is 0 Å². The predicted octanol–water partition coefficient (Wildman–Crippen LogP) is 3.12. The molecule has 2 rings (SSSR count). The Morgan fingerprint density at radius 3 is 2.71 bits per heavy atom. The molecule has 0 aliphatic rings. The lowest BCUT2D eigenvalue weighted by Gasteiger charge is -2.00. The van der Waals surface area contributed by atoms with Crippen LogP contribution in [0.2, 0.25) is 0 Å². The van der Waals surface area contributed by atoms with E-state index in [0.29, 0.717) is 11.7 Å². The molecule has 72 valence electrons. The summed E-state index contributed by atoms with van der Waals surface area (Å²) in [6.07, 6.45) is 0. The molecule has 0 aliphatic heterocycles. The summed E-state index contributed by atoms with van der Waals surface area (Å²) in [4.78, 5) is 4.18. The Morgan fingerprint density at radius 1 is 1.29 bits per heavy atom. The quantitative estimate of drug-likeness (QED) is 0.783. The standard InChI is InChI=1S/C10H9BrN2O/c1-6-3-4-8(11)5-9(6)10-12-7(2)13-14-10/h3-5H,1-2H3. The fraction of sp³-hybridized carbons (Fsp3) is 0.200. The molecule has 1 heterocycles. The van der Waals surface area contributed by atoms with Crippen LogP contribution in [0.25, 0.3) is 11.5 Å². The Kier molecular flexibility index (Phi) is 2.37. The number of rotatable bonds is 1. The van der Waals surface area contributed by atoms with Crippen LogP contribution in [0.15, 0.2) is 27.2 Å². The largest absolute Gasteiger partial charge is 0.334 e. The first-order chi connectivity index (χ1) is 6.66. The molecule has 0 spiro atoms. The Balaban J connectivity index is 2.55. The van der Waals surface area contributed by atoms with Crippen molar-refractivity contribution in [3.8, 4) is 11.5 Å². The Hall–Kier alpha value is -1.16. The molecule has 1 aromatic carbocycles. The van der Waals surface area contributed by atoms with Crippen LogP contribution >= 0.6 is 15.9 Å². The van der Waals surface area contributed by atoms with E-state index in [4.69, 9.17) is 4.52 Å². The van der Waals surface area contributed by atoms with Gasteiger partial charge in [-0.05, 0) is 31.5 Å². The lowest BCUT2D eigenvalue weighted by atomic mass is 10.1. The van der Waals surface area contributed by atoms with Gasteiger partial charge in [0.2, 0.25) is 0 Å². The Bertz CT molecular complexity index is 465. The van der Waals surface area contributed by atoms with Crippen LogP contribution in [0.1, 0.15) is 11.4 Å². The maximum Gasteiger partial charge on any atom is 0.258 e. The van der Waals surface area contributed by atoms with Crippen LogP contribution in [-0.2, 0) is 0 Å². The molecule has 14 heavy (non-hydrogen) atoms. The minimum absolute atomic E-state index is 0.571. The van der Waals surface area contributed by atoms with E-state index >= 15 is 0 Å². The van der Waals surface area contributed by atoms with E-state index in [1.54, 1.807) is 6.92 Å². The number of halogens is 1. The molecule has 0 fully saturated rings. The van der Waals surface area contributed by atoms with Crippen molar-refractivity contribution in [3.63, 3.8) is 0 Å². The highest BCUT2D eigenvalue weighted by Gasteiger charge is 2.09. The van der Waals surface area contributed by atoms with Crippen molar-refractivity contribution in [2.75, 3.05) is 0 Å². The van der Waals surface area contributed by atoms with Crippen LogP contribution in [0.4, 0.5) is 0 Å². The molecule has 0 atom stereocenters.